The molecule has 3 aromatic rings. The molecule has 0 bridgehead atoms. The van der Waals surface area contributed by atoms with Crippen LogP contribution in [0.3, 0.4) is 0 Å². The van der Waals surface area contributed by atoms with Crippen LogP contribution in [0.25, 0.3) is 5.69 Å². The first-order chi connectivity index (χ1) is 13.2. The first kappa shape index (κ1) is 17.8. The number of hydrogen-bond acceptors (Lipinski definition) is 4. The monoisotopic (exact) mass is 363 g/mol. The molecule has 1 aliphatic heterocycles. The summed E-state index contributed by atoms with van der Waals surface area (Å²) in [7, 11) is 1.65. The minimum Gasteiger partial charge on any atom is -0.496 e. The fourth-order valence-corrected chi connectivity index (χ4v) is 3.80. The number of para-hydroxylation sites is 2. The van der Waals surface area contributed by atoms with Crippen molar-refractivity contribution in [3.05, 3.63) is 78.1 Å². The van der Waals surface area contributed by atoms with E-state index in [0.29, 0.717) is 12.8 Å². The van der Waals surface area contributed by atoms with Gasteiger partial charge in [0.2, 0.25) is 0 Å². The van der Waals surface area contributed by atoms with Gasteiger partial charge in [0, 0.05) is 37.0 Å². The second-order valence-electron chi connectivity index (χ2n) is 7.14. The second-order valence-corrected chi connectivity index (χ2v) is 7.14. The Hall–Kier alpha value is -2.63. The lowest BCUT2D eigenvalue weighted by molar-refractivity contribution is -0.0292. The summed E-state index contributed by atoms with van der Waals surface area (Å²) in [4.78, 5) is 2.37. The molecule has 0 saturated carbocycles. The molecule has 0 amide bonds. The Bertz CT molecular complexity index is 883. The van der Waals surface area contributed by atoms with Crippen LogP contribution in [-0.4, -0.2) is 40.0 Å². The van der Waals surface area contributed by atoms with Gasteiger partial charge in [0.1, 0.15) is 5.75 Å². The number of hydrogen-bond donors (Lipinski definition) is 1. The van der Waals surface area contributed by atoms with Crippen molar-refractivity contribution in [2.75, 3.05) is 20.2 Å². The number of aromatic nitrogens is 2. The van der Waals surface area contributed by atoms with Crippen LogP contribution in [0.4, 0.5) is 0 Å². The first-order valence-electron chi connectivity index (χ1n) is 9.35. The van der Waals surface area contributed by atoms with Crippen molar-refractivity contribution < 1.29 is 9.84 Å². The standard InChI is InChI=1S/C22H25N3O2/c1-27-21-10-6-5-9-20(21)22(26)11-13-24(14-12-22)16-18-15-23-25(17-18)19-7-3-2-4-8-19/h2-10,15,17,26H,11-14,16H2,1H3. The highest BCUT2D eigenvalue weighted by Crippen LogP contribution is 2.38. The van der Waals surface area contributed by atoms with E-state index in [-0.39, 0.29) is 0 Å². The van der Waals surface area contributed by atoms with Crippen LogP contribution >= 0.6 is 0 Å². The Morgan fingerprint density at radius 3 is 2.48 bits per heavy atom. The van der Waals surface area contributed by atoms with E-state index in [1.807, 2.05) is 65.5 Å². The topological polar surface area (TPSA) is 50.5 Å². The predicted molar refractivity (Wildman–Crippen MR) is 105 cm³/mol. The van der Waals surface area contributed by atoms with Gasteiger partial charge in [-0.1, -0.05) is 36.4 Å². The molecule has 2 aromatic carbocycles. The summed E-state index contributed by atoms with van der Waals surface area (Å²) < 4.78 is 7.35. The summed E-state index contributed by atoms with van der Waals surface area (Å²) in [5.41, 5.74) is 2.32. The molecule has 140 valence electrons. The van der Waals surface area contributed by atoms with E-state index in [4.69, 9.17) is 4.74 Å². The van der Waals surface area contributed by atoms with Crippen molar-refractivity contribution in [1.82, 2.24) is 14.7 Å². The number of piperidine rings is 1. The third-order valence-corrected chi connectivity index (χ3v) is 5.35. The zero-order valence-electron chi connectivity index (χ0n) is 15.6. The zero-order chi connectivity index (χ0) is 18.7. The van der Waals surface area contributed by atoms with Gasteiger partial charge in [-0.15, -0.1) is 0 Å². The number of rotatable bonds is 5. The minimum absolute atomic E-state index is 0.695. The highest BCUT2D eigenvalue weighted by molar-refractivity contribution is 5.38. The maximum absolute atomic E-state index is 11.2. The normalized spacial score (nSPS) is 17.0. The highest BCUT2D eigenvalue weighted by Gasteiger charge is 2.36. The van der Waals surface area contributed by atoms with Crippen LogP contribution < -0.4 is 4.74 Å². The SMILES string of the molecule is COc1ccccc1C1(O)CCN(Cc2cnn(-c3ccccc3)c2)CC1. The molecular weight excluding hydrogens is 338 g/mol. The molecule has 27 heavy (non-hydrogen) atoms. The maximum atomic E-state index is 11.2. The third-order valence-electron chi connectivity index (χ3n) is 5.35. The fraction of sp³-hybridized carbons (Fsp3) is 0.318. The highest BCUT2D eigenvalue weighted by atomic mass is 16.5. The molecule has 1 aliphatic rings. The molecule has 0 unspecified atom stereocenters. The molecule has 1 aromatic heterocycles. The Balaban J connectivity index is 1.41. The molecule has 5 nitrogen and oxygen atoms in total. The zero-order valence-corrected chi connectivity index (χ0v) is 15.6. The van der Waals surface area contributed by atoms with Gasteiger partial charge in [0.15, 0.2) is 0 Å². The van der Waals surface area contributed by atoms with E-state index in [1.54, 1.807) is 7.11 Å². The van der Waals surface area contributed by atoms with Gasteiger partial charge in [0.05, 0.1) is 24.6 Å². The van der Waals surface area contributed by atoms with Crippen molar-refractivity contribution >= 4 is 0 Å². The van der Waals surface area contributed by atoms with E-state index in [2.05, 4.69) is 16.2 Å². The molecule has 0 spiro atoms. The number of likely N-dealkylation sites (tertiary alicyclic amines) is 1. The van der Waals surface area contributed by atoms with E-state index in [0.717, 1.165) is 36.6 Å². The Labute approximate surface area is 159 Å². The van der Waals surface area contributed by atoms with Gasteiger partial charge in [0.25, 0.3) is 0 Å². The van der Waals surface area contributed by atoms with Gasteiger partial charge >= 0.3 is 0 Å². The molecule has 0 radical (unpaired) electrons. The number of ether oxygens (including phenoxy) is 1. The quantitative estimate of drug-likeness (QED) is 0.755. The number of benzene rings is 2. The van der Waals surface area contributed by atoms with E-state index < -0.39 is 5.60 Å². The number of nitrogens with zero attached hydrogens (tertiary/aromatic N) is 3. The van der Waals surface area contributed by atoms with Crippen molar-refractivity contribution in [3.63, 3.8) is 0 Å². The van der Waals surface area contributed by atoms with Gasteiger partial charge < -0.3 is 9.84 Å². The first-order valence-corrected chi connectivity index (χ1v) is 9.35. The maximum Gasteiger partial charge on any atom is 0.124 e. The van der Waals surface area contributed by atoms with Gasteiger partial charge in [-0.05, 0) is 31.0 Å². The summed E-state index contributed by atoms with van der Waals surface area (Å²) in [5, 5.41) is 15.6. The van der Waals surface area contributed by atoms with Crippen LogP contribution in [-0.2, 0) is 12.1 Å². The Morgan fingerprint density at radius 2 is 1.74 bits per heavy atom. The van der Waals surface area contributed by atoms with Crippen LogP contribution in [0.1, 0.15) is 24.0 Å². The van der Waals surface area contributed by atoms with Gasteiger partial charge in [-0.3, -0.25) is 4.90 Å². The van der Waals surface area contributed by atoms with Gasteiger partial charge in [-0.25, -0.2) is 4.68 Å². The summed E-state index contributed by atoms with van der Waals surface area (Å²) in [6.45, 7) is 2.52. The third kappa shape index (κ3) is 3.75. The van der Waals surface area contributed by atoms with Crippen LogP contribution in [0.15, 0.2) is 67.0 Å². The molecule has 5 heteroatoms. The second kappa shape index (κ2) is 7.55. The molecule has 0 atom stereocenters. The van der Waals surface area contributed by atoms with Crippen LogP contribution in [0.5, 0.6) is 5.75 Å². The fourth-order valence-electron chi connectivity index (χ4n) is 3.80. The average Bonchev–Trinajstić information content (AvgIpc) is 3.19. The Kier molecular flexibility index (Phi) is 4.97. The molecule has 4 rings (SSSR count). The number of methoxy groups -OCH3 is 1. The molecular formula is C22H25N3O2. The van der Waals surface area contributed by atoms with E-state index in [9.17, 15) is 5.11 Å². The summed E-state index contributed by atoms with van der Waals surface area (Å²) >= 11 is 0. The van der Waals surface area contributed by atoms with Gasteiger partial charge in [-0.2, -0.15) is 5.10 Å². The molecule has 0 aliphatic carbocycles. The molecule has 2 heterocycles. The summed E-state index contributed by atoms with van der Waals surface area (Å²) in [6.07, 6.45) is 5.39. The average molecular weight is 363 g/mol. The summed E-state index contributed by atoms with van der Waals surface area (Å²) in [6, 6.07) is 17.9. The lowest BCUT2D eigenvalue weighted by atomic mass is 9.84. The van der Waals surface area contributed by atoms with E-state index >= 15 is 0 Å². The van der Waals surface area contributed by atoms with Crippen molar-refractivity contribution in [2.24, 2.45) is 0 Å². The Morgan fingerprint density at radius 1 is 1.04 bits per heavy atom. The molecule has 1 fully saturated rings. The van der Waals surface area contributed by atoms with Crippen LogP contribution in [0.2, 0.25) is 0 Å². The molecule has 1 N–H and O–H groups in total. The van der Waals surface area contributed by atoms with Crippen molar-refractivity contribution in [1.29, 1.82) is 0 Å². The van der Waals surface area contributed by atoms with Crippen molar-refractivity contribution in [2.45, 2.75) is 25.0 Å². The van der Waals surface area contributed by atoms with Crippen LogP contribution in [0, 0.1) is 0 Å². The lowest BCUT2D eigenvalue weighted by Crippen LogP contribution is -2.42. The molecule has 1 saturated heterocycles. The number of aliphatic hydroxyl groups is 1. The predicted octanol–water partition coefficient (Wildman–Crippen LogP) is 3.36. The largest absolute Gasteiger partial charge is 0.496 e. The smallest absolute Gasteiger partial charge is 0.124 e. The minimum atomic E-state index is -0.822. The summed E-state index contributed by atoms with van der Waals surface area (Å²) in [5.74, 6) is 0.762. The van der Waals surface area contributed by atoms with E-state index in [1.165, 1.54) is 5.56 Å². The lowest BCUT2D eigenvalue weighted by Gasteiger charge is -2.38. The van der Waals surface area contributed by atoms with Crippen molar-refractivity contribution in [3.8, 4) is 11.4 Å².